The number of carbonyl (C=O) groups excluding carboxylic acids is 2. The summed E-state index contributed by atoms with van der Waals surface area (Å²) >= 11 is 0. The van der Waals surface area contributed by atoms with E-state index in [1.807, 2.05) is 17.9 Å². The van der Waals surface area contributed by atoms with Crippen molar-refractivity contribution in [1.82, 2.24) is 9.80 Å². The SMILES string of the molecule is CCCCCCC/C=C/C(=O)N1CCN(CCC(=O)OCC)CC1. The van der Waals surface area contributed by atoms with Crippen LogP contribution in [0.3, 0.4) is 0 Å². The van der Waals surface area contributed by atoms with Gasteiger partial charge < -0.3 is 9.64 Å². The van der Waals surface area contributed by atoms with Gasteiger partial charge in [0.05, 0.1) is 13.0 Å². The van der Waals surface area contributed by atoms with Gasteiger partial charge in [-0.15, -0.1) is 0 Å². The van der Waals surface area contributed by atoms with Crippen LogP contribution in [0.4, 0.5) is 0 Å². The summed E-state index contributed by atoms with van der Waals surface area (Å²) in [6, 6.07) is 0. The number of esters is 1. The van der Waals surface area contributed by atoms with E-state index in [0.29, 0.717) is 19.6 Å². The Kier molecular flexibility index (Phi) is 11.2. The quantitative estimate of drug-likeness (QED) is 0.330. The van der Waals surface area contributed by atoms with Crippen LogP contribution in [-0.2, 0) is 14.3 Å². The van der Waals surface area contributed by atoms with Crippen LogP contribution in [0.1, 0.15) is 58.8 Å². The molecule has 138 valence electrons. The summed E-state index contributed by atoms with van der Waals surface area (Å²) in [5.74, 6) is -0.0218. The molecule has 1 rings (SSSR count). The Balaban J connectivity index is 2.13. The van der Waals surface area contributed by atoms with E-state index in [9.17, 15) is 9.59 Å². The number of piperazine rings is 1. The largest absolute Gasteiger partial charge is 0.466 e. The number of ether oxygens (including phenoxy) is 1. The Hall–Kier alpha value is -1.36. The fourth-order valence-corrected chi connectivity index (χ4v) is 2.83. The maximum atomic E-state index is 12.1. The van der Waals surface area contributed by atoms with Gasteiger partial charge in [0.2, 0.25) is 5.91 Å². The van der Waals surface area contributed by atoms with Gasteiger partial charge >= 0.3 is 5.97 Å². The molecular formula is C19H34N2O3. The summed E-state index contributed by atoms with van der Waals surface area (Å²) in [5.41, 5.74) is 0. The number of carbonyl (C=O) groups is 2. The lowest BCUT2D eigenvalue weighted by Crippen LogP contribution is -2.48. The average molecular weight is 338 g/mol. The van der Waals surface area contributed by atoms with E-state index in [1.165, 1.54) is 32.1 Å². The normalized spacial score (nSPS) is 15.8. The number of hydrogen-bond donors (Lipinski definition) is 0. The Bertz CT molecular complexity index is 388. The first-order valence-corrected chi connectivity index (χ1v) is 9.50. The van der Waals surface area contributed by atoms with Crippen LogP contribution in [0.15, 0.2) is 12.2 Å². The van der Waals surface area contributed by atoms with Crippen LogP contribution in [0, 0.1) is 0 Å². The summed E-state index contributed by atoms with van der Waals surface area (Å²) in [7, 11) is 0. The minimum Gasteiger partial charge on any atom is -0.466 e. The lowest BCUT2D eigenvalue weighted by Gasteiger charge is -2.34. The van der Waals surface area contributed by atoms with Gasteiger partial charge in [-0.1, -0.05) is 38.7 Å². The molecule has 1 saturated heterocycles. The highest BCUT2D eigenvalue weighted by atomic mass is 16.5. The van der Waals surface area contributed by atoms with Crippen molar-refractivity contribution < 1.29 is 14.3 Å². The first-order chi connectivity index (χ1) is 11.7. The van der Waals surface area contributed by atoms with Gasteiger partial charge in [-0.05, 0) is 25.8 Å². The van der Waals surface area contributed by atoms with Crippen molar-refractivity contribution in [1.29, 1.82) is 0 Å². The second kappa shape index (κ2) is 13.0. The number of nitrogens with zero attached hydrogens (tertiary/aromatic N) is 2. The molecular weight excluding hydrogens is 304 g/mol. The fourth-order valence-electron chi connectivity index (χ4n) is 2.83. The highest BCUT2D eigenvalue weighted by molar-refractivity contribution is 5.87. The molecule has 24 heavy (non-hydrogen) atoms. The molecule has 0 radical (unpaired) electrons. The third-order valence-electron chi connectivity index (χ3n) is 4.36. The molecule has 0 aromatic carbocycles. The zero-order valence-corrected chi connectivity index (χ0v) is 15.5. The maximum Gasteiger partial charge on any atom is 0.307 e. The molecule has 0 aromatic heterocycles. The number of hydrogen-bond acceptors (Lipinski definition) is 4. The van der Waals surface area contributed by atoms with Crippen molar-refractivity contribution in [3.63, 3.8) is 0 Å². The molecule has 0 aromatic rings. The third-order valence-corrected chi connectivity index (χ3v) is 4.36. The highest BCUT2D eigenvalue weighted by Gasteiger charge is 2.19. The molecule has 1 aliphatic heterocycles. The molecule has 5 nitrogen and oxygen atoms in total. The molecule has 0 spiro atoms. The smallest absolute Gasteiger partial charge is 0.307 e. The Morgan fingerprint density at radius 2 is 1.71 bits per heavy atom. The Labute approximate surface area is 147 Å². The summed E-state index contributed by atoms with van der Waals surface area (Å²) in [6.45, 7) is 8.33. The second-order valence-electron chi connectivity index (χ2n) is 6.33. The van der Waals surface area contributed by atoms with Gasteiger partial charge in [-0.2, -0.15) is 0 Å². The third kappa shape index (κ3) is 9.06. The van der Waals surface area contributed by atoms with E-state index in [2.05, 4.69) is 11.8 Å². The van der Waals surface area contributed by atoms with E-state index in [-0.39, 0.29) is 11.9 Å². The fraction of sp³-hybridized carbons (Fsp3) is 0.789. The summed E-state index contributed by atoms with van der Waals surface area (Å²) < 4.78 is 4.94. The zero-order valence-electron chi connectivity index (χ0n) is 15.5. The second-order valence-corrected chi connectivity index (χ2v) is 6.33. The first kappa shape index (κ1) is 20.7. The number of unbranched alkanes of at least 4 members (excludes halogenated alkanes) is 5. The van der Waals surface area contributed by atoms with Crippen molar-refractivity contribution in [2.24, 2.45) is 0 Å². The Morgan fingerprint density at radius 3 is 2.38 bits per heavy atom. The predicted molar refractivity (Wildman–Crippen MR) is 96.8 cm³/mol. The number of rotatable bonds is 11. The van der Waals surface area contributed by atoms with Gasteiger partial charge in [0.1, 0.15) is 0 Å². The van der Waals surface area contributed by atoms with Crippen molar-refractivity contribution in [2.75, 3.05) is 39.3 Å². The summed E-state index contributed by atoms with van der Waals surface area (Å²) in [4.78, 5) is 27.6. The number of allylic oxidation sites excluding steroid dienone is 1. The van der Waals surface area contributed by atoms with Crippen LogP contribution >= 0.6 is 0 Å². The number of amides is 1. The Morgan fingerprint density at radius 1 is 1.00 bits per heavy atom. The van der Waals surface area contributed by atoms with Crippen molar-refractivity contribution in [3.8, 4) is 0 Å². The van der Waals surface area contributed by atoms with Gasteiger partial charge in [-0.3, -0.25) is 14.5 Å². The van der Waals surface area contributed by atoms with Crippen molar-refractivity contribution >= 4 is 11.9 Å². The van der Waals surface area contributed by atoms with E-state index in [1.54, 1.807) is 6.08 Å². The van der Waals surface area contributed by atoms with Crippen LogP contribution < -0.4 is 0 Å². The predicted octanol–water partition coefficient (Wildman–Crippen LogP) is 3.00. The average Bonchev–Trinajstić information content (AvgIpc) is 2.59. The molecule has 0 atom stereocenters. The summed E-state index contributed by atoms with van der Waals surface area (Å²) in [6.07, 6.45) is 11.5. The van der Waals surface area contributed by atoms with Gasteiger partial charge in [0.15, 0.2) is 0 Å². The van der Waals surface area contributed by atoms with E-state index < -0.39 is 0 Å². The first-order valence-electron chi connectivity index (χ1n) is 9.50. The van der Waals surface area contributed by atoms with Crippen molar-refractivity contribution in [2.45, 2.75) is 58.8 Å². The molecule has 0 N–H and O–H groups in total. The van der Waals surface area contributed by atoms with E-state index in [0.717, 1.165) is 32.6 Å². The van der Waals surface area contributed by atoms with Crippen LogP contribution in [0.2, 0.25) is 0 Å². The van der Waals surface area contributed by atoms with Crippen LogP contribution in [0.5, 0.6) is 0 Å². The lowest BCUT2D eigenvalue weighted by molar-refractivity contribution is -0.143. The summed E-state index contributed by atoms with van der Waals surface area (Å²) in [5, 5.41) is 0. The lowest BCUT2D eigenvalue weighted by atomic mass is 10.1. The topological polar surface area (TPSA) is 49.9 Å². The van der Waals surface area contributed by atoms with Gasteiger partial charge in [0.25, 0.3) is 0 Å². The molecule has 5 heteroatoms. The van der Waals surface area contributed by atoms with Crippen LogP contribution in [0.25, 0.3) is 0 Å². The molecule has 0 aliphatic carbocycles. The standard InChI is InChI=1S/C19H34N2O3/c1-3-5-6-7-8-9-10-11-18(22)21-16-14-20(15-17-21)13-12-19(23)24-4-2/h10-11H,3-9,12-17H2,1-2H3/b11-10+. The van der Waals surface area contributed by atoms with Crippen molar-refractivity contribution in [3.05, 3.63) is 12.2 Å². The minimum atomic E-state index is -0.141. The van der Waals surface area contributed by atoms with Gasteiger partial charge in [-0.25, -0.2) is 0 Å². The molecule has 0 unspecified atom stereocenters. The molecule has 1 amide bonds. The molecule has 0 bridgehead atoms. The van der Waals surface area contributed by atoms with Gasteiger partial charge in [0, 0.05) is 32.7 Å². The van der Waals surface area contributed by atoms with E-state index >= 15 is 0 Å². The molecule has 1 fully saturated rings. The maximum absolute atomic E-state index is 12.1. The molecule has 0 saturated carbocycles. The monoisotopic (exact) mass is 338 g/mol. The molecule has 1 aliphatic rings. The zero-order chi connectivity index (χ0) is 17.6. The molecule has 1 heterocycles. The van der Waals surface area contributed by atoms with Crippen LogP contribution in [-0.4, -0.2) is 61.0 Å². The minimum absolute atomic E-state index is 0.119. The van der Waals surface area contributed by atoms with E-state index in [4.69, 9.17) is 4.74 Å². The highest BCUT2D eigenvalue weighted by Crippen LogP contribution is 2.07.